The molecule has 112 valence electrons. The third-order valence-corrected chi connectivity index (χ3v) is 5.67. The molecule has 2 atom stereocenters. The molecule has 2 unspecified atom stereocenters. The quantitative estimate of drug-likeness (QED) is 0.816. The smallest absolute Gasteiger partial charge is 0.242 e. The summed E-state index contributed by atoms with van der Waals surface area (Å²) >= 11 is 9.11. The second-order valence-corrected chi connectivity index (χ2v) is 7.98. The van der Waals surface area contributed by atoms with Crippen LogP contribution in [0.5, 0.6) is 0 Å². The lowest BCUT2D eigenvalue weighted by Crippen LogP contribution is -2.53. The Bertz CT molecular complexity index is 586. The summed E-state index contributed by atoms with van der Waals surface area (Å²) < 4.78 is 25.5. The number of hydrazine groups is 1. The Hall–Kier alpha value is -0.210. The highest BCUT2D eigenvalue weighted by molar-refractivity contribution is 9.10. The highest BCUT2D eigenvalue weighted by Crippen LogP contribution is 2.25. The molecule has 0 amide bonds. The number of nitrogens with zero attached hydrogens (tertiary/aromatic N) is 2. The van der Waals surface area contributed by atoms with E-state index in [9.17, 15) is 8.42 Å². The SMILES string of the molecule is CC1CCCC(C)N1NS(=O)(=O)c1cc(Br)cnc1Cl. The van der Waals surface area contributed by atoms with Gasteiger partial charge in [-0.2, -0.15) is 0 Å². The van der Waals surface area contributed by atoms with Crippen LogP contribution in [0.1, 0.15) is 33.1 Å². The predicted molar refractivity (Wildman–Crippen MR) is 81.9 cm³/mol. The van der Waals surface area contributed by atoms with Crippen LogP contribution in [0, 0.1) is 0 Å². The first kappa shape index (κ1) is 16.2. The van der Waals surface area contributed by atoms with Crippen molar-refractivity contribution in [2.45, 2.75) is 50.1 Å². The molecule has 1 aromatic rings. The first-order chi connectivity index (χ1) is 9.31. The molecule has 0 radical (unpaired) electrons. The van der Waals surface area contributed by atoms with E-state index in [1.165, 1.54) is 12.3 Å². The number of piperidine rings is 1. The Labute approximate surface area is 132 Å². The minimum Gasteiger partial charge on any atom is -0.242 e. The number of hydrogen-bond acceptors (Lipinski definition) is 4. The van der Waals surface area contributed by atoms with E-state index in [1.807, 2.05) is 13.8 Å². The normalized spacial score (nSPS) is 24.8. The van der Waals surface area contributed by atoms with Gasteiger partial charge in [-0.3, -0.25) is 0 Å². The maximum absolute atomic E-state index is 12.5. The van der Waals surface area contributed by atoms with Gasteiger partial charge < -0.3 is 0 Å². The van der Waals surface area contributed by atoms with E-state index >= 15 is 0 Å². The monoisotopic (exact) mass is 381 g/mol. The summed E-state index contributed by atoms with van der Waals surface area (Å²) in [6.45, 7) is 4.03. The Morgan fingerprint density at radius 2 is 2.00 bits per heavy atom. The summed E-state index contributed by atoms with van der Waals surface area (Å²) in [5.74, 6) is 0. The van der Waals surface area contributed by atoms with Crippen LogP contribution in [-0.2, 0) is 10.0 Å². The van der Waals surface area contributed by atoms with Crippen LogP contribution in [0.25, 0.3) is 0 Å². The average molecular weight is 383 g/mol. The van der Waals surface area contributed by atoms with Crippen LogP contribution in [0.4, 0.5) is 0 Å². The van der Waals surface area contributed by atoms with Crippen molar-refractivity contribution in [2.24, 2.45) is 0 Å². The molecule has 1 saturated heterocycles. The molecule has 20 heavy (non-hydrogen) atoms. The summed E-state index contributed by atoms with van der Waals surface area (Å²) in [6.07, 6.45) is 4.52. The Morgan fingerprint density at radius 1 is 1.40 bits per heavy atom. The zero-order valence-electron chi connectivity index (χ0n) is 11.3. The molecular weight excluding hydrogens is 366 g/mol. The molecule has 1 aliphatic heterocycles. The second-order valence-electron chi connectivity index (χ2n) is 5.07. The van der Waals surface area contributed by atoms with Gasteiger partial charge in [0, 0.05) is 22.8 Å². The third-order valence-electron chi connectivity index (χ3n) is 3.48. The van der Waals surface area contributed by atoms with E-state index < -0.39 is 10.0 Å². The van der Waals surface area contributed by atoms with Gasteiger partial charge in [-0.1, -0.05) is 18.0 Å². The summed E-state index contributed by atoms with van der Waals surface area (Å²) in [6, 6.07) is 1.77. The molecule has 8 heteroatoms. The molecule has 0 aliphatic carbocycles. The molecular formula is C12H17BrClN3O2S. The van der Waals surface area contributed by atoms with Gasteiger partial charge in [0.2, 0.25) is 0 Å². The number of aromatic nitrogens is 1. The standard InChI is InChI=1S/C12H17BrClN3O2S/c1-8-4-3-5-9(2)17(8)16-20(18,19)11-6-10(13)7-15-12(11)14/h6-9,16H,3-5H2,1-2H3. The number of nitrogens with one attached hydrogen (secondary N) is 1. The summed E-state index contributed by atoms with van der Waals surface area (Å²) in [5, 5.41) is 1.76. The van der Waals surface area contributed by atoms with Crippen molar-refractivity contribution in [1.82, 2.24) is 14.8 Å². The van der Waals surface area contributed by atoms with Crippen molar-refractivity contribution in [1.29, 1.82) is 0 Å². The van der Waals surface area contributed by atoms with Gasteiger partial charge in [0.15, 0.2) is 0 Å². The van der Waals surface area contributed by atoms with E-state index in [4.69, 9.17) is 11.6 Å². The van der Waals surface area contributed by atoms with Crippen LogP contribution >= 0.6 is 27.5 Å². The molecule has 1 aromatic heterocycles. The largest absolute Gasteiger partial charge is 0.256 e. The Kier molecular flexibility index (Phi) is 5.07. The topological polar surface area (TPSA) is 62.3 Å². The fourth-order valence-electron chi connectivity index (χ4n) is 2.38. The van der Waals surface area contributed by atoms with Crippen molar-refractivity contribution < 1.29 is 8.42 Å². The van der Waals surface area contributed by atoms with E-state index in [1.54, 1.807) is 5.01 Å². The van der Waals surface area contributed by atoms with E-state index in [0.29, 0.717) is 4.47 Å². The maximum atomic E-state index is 12.5. The zero-order chi connectivity index (χ0) is 14.9. The van der Waals surface area contributed by atoms with Gasteiger partial charge in [-0.05, 0) is 48.7 Å². The van der Waals surface area contributed by atoms with Crippen LogP contribution in [0.3, 0.4) is 0 Å². The molecule has 0 spiro atoms. The molecule has 2 rings (SSSR count). The summed E-state index contributed by atoms with van der Waals surface area (Å²) in [5.41, 5.74) is 0. The molecule has 5 nitrogen and oxygen atoms in total. The van der Waals surface area contributed by atoms with Gasteiger partial charge in [-0.15, -0.1) is 4.83 Å². The highest BCUT2D eigenvalue weighted by Gasteiger charge is 2.30. The van der Waals surface area contributed by atoms with Gasteiger partial charge in [-0.25, -0.2) is 18.4 Å². The number of pyridine rings is 1. The molecule has 1 aliphatic rings. The van der Waals surface area contributed by atoms with Crippen LogP contribution in [0.15, 0.2) is 21.6 Å². The van der Waals surface area contributed by atoms with Crippen molar-refractivity contribution in [3.8, 4) is 0 Å². The first-order valence-electron chi connectivity index (χ1n) is 6.43. The van der Waals surface area contributed by atoms with E-state index in [-0.39, 0.29) is 22.1 Å². The van der Waals surface area contributed by atoms with Crippen molar-refractivity contribution in [3.63, 3.8) is 0 Å². The first-order valence-corrected chi connectivity index (χ1v) is 9.08. The molecule has 0 aromatic carbocycles. The lowest BCUT2D eigenvalue weighted by atomic mass is 10.0. The number of rotatable bonds is 3. The van der Waals surface area contributed by atoms with Crippen LogP contribution < -0.4 is 4.83 Å². The summed E-state index contributed by atoms with van der Waals surface area (Å²) in [7, 11) is -3.73. The van der Waals surface area contributed by atoms with Crippen molar-refractivity contribution in [2.75, 3.05) is 0 Å². The van der Waals surface area contributed by atoms with Gasteiger partial charge >= 0.3 is 0 Å². The fourth-order valence-corrected chi connectivity index (χ4v) is 4.56. The molecule has 2 heterocycles. The molecule has 1 fully saturated rings. The van der Waals surface area contributed by atoms with E-state index in [2.05, 4.69) is 25.7 Å². The zero-order valence-corrected chi connectivity index (χ0v) is 14.5. The third kappa shape index (κ3) is 3.51. The molecule has 1 N–H and O–H groups in total. The maximum Gasteiger partial charge on any atom is 0.256 e. The van der Waals surface area contributed by atoms with Crippen molar-refractivity contribution in [3.05, 3.63) is 21.9 Å². The van der Waals surface area contributed by atoms with E-state index in [0.717, 1.165) is 19.3 Å². The molecule has 0 saturated carbocycles. The minimum atomic E-state index is -3.73. The second kappa shape index (κ2) is 6.27. The average Bonchev–Trinajstić information content (AvgIpc) is 2.37. The lowest BCUT2D eigenvalue weighted by molar-refractivity contribution is 0.0790. The fraction of sp³-hybridized carbons (Fsp3) is 0.583. The van der Waals surface area contributed by atoms with Crippen LogP contribution in [0.2, 0.25) is 5.15 Å². The number of sulfonamides is 1. The summed E-state index contributed by atoms with van der Waals surface area (Å²) in [4.78, 5) is 6.48. The highest BCUT2D eigenvalue weighted by atomic mass is 79.9. The van der Waals surface area contributed by atoms with Gasteiger partial charge in [0.25, 0.3) is 10.0 Å². The molecule has 0 bridgehead atoms. The van der Waals surface area contributed by atoms with Crippen molar-refractivity contribution >= 4 is 37.6 Å². The van der Waals surface area contributed by atoms with Gasteiger partial charge in [0.1, 0.15) is 10.0 Å². The van der Waals surface area contributed by atoms with Crippen LogP contribution in [-0.4, -0.2) is 30.5 Å². The Balaban J connectivity index is 2.28. The van der Waals surface area contributed by atoms with Gasteiger partial charge in [0.05, 0.1) is 0 Å². The lowest BCUT2D eigenvalue weighted by Gasteiger charge is -2.38. The number of halogens is 2. The minimum absolute atomic E-state index is 0.0153. The Morgan fingerprint density at radius 3 is 2.60 bits per heavy atom. The predicted octanol–water partition coefficient (Wildman–Crippen LogP) is 2.95. The number of hydrogen-bond donors (Lipinski definition) is 1.